The Bertz CT molecular complexity index is 826. The van der Waals surface area contributed by atoms with E-state index in [-0.39, 0.29) is 5.56 Å². The van der Waals surface area contributed by atoms with Crippen LogP contribution in [0.4, 0.5) is 0 Å². The molecule has 0 bridgehead atoms. The SMILES string of the molecule is Cn1nc(-c2ccccc2OCc2ccccc2)ccc1=O. The van der Waals surface area contributed by atoms with Crippen molar-refractivity contribution >= 4 is 0 Å². The third-order valence-electron chi connectivity index (χ3n) is 3.36. The molecule has 4 nitrogen and oxygen atoms in total. The summed E-state index contributed by atoms with van der Waals surface area (Å²) in [4.78, 5) is 11.5. The van der Waals surface area contributed by atoms with Crippen LogP contribution in [0.3, 0.4) is 0 Å². The van der Waals surface area contributed by atoms with Crippen LogP contribution in [-0.4, -0.2) is 9.78 Å². The van der Waals surface area contributed by atoms with E-state index in [1.807, 2.05) is 54.6 Å². The predicted octanol–water partition coefficient (Wildman–Crippen LogP) is 3.03. The molecule has 0 aliphatic heterocycles. The molecule has 0 saturated carbocycles. The second-order valence-electron chi connectivity index (χ2n) is 4.95. The van der Waals surface area contributed by atoms with E-state index >= 15 is 0 Å². The maximum Gasteiger partial charge on any atom is 0.266 e. The monoisotopic (exact) mass is 292 g/mol. The maximum absolute atomic E-state index is 11.5. The van der Waals surface area contributed by atoms with E-state index in [1.54, 1.807) is 13.1 Å². The molecule has 110 valence electrons. The molecule has 0 fully saturated rings. The van der Waals surface area contributed by atoms with E-state index in [0.717, 1.165) is 16.9 Å². The van der Waals surface area contributed by atoms with Gasteiger partial charge in [0.1, 0.15) is 12.4 Å². The third kappa shape index (κ3) is 3.06. The lowest BCUT2D eigenvalue weighted by atomic mass is 10.1. The molecule has 3 aromatic rings. The van der Waals surface area contributed by atoms with Crippen molar-refractivity contribution in [2.75, 3.05) is 0 Å². The fraction of sp³-hybridized carbons (Fsp3) is 0.111. The van der Waals surface area contributed by atoms with Crippen molar-refractivity contribution in [3.05, 3.63) is 82.6 Å². The molecule has 0 N–H and O–H groups in total. The summed E-state index contributed by atoms with van der Waals surface area (Å²) in [7, 11) is 1.64. The number of hydrogen-bond donors (Lipinski definition) is 0. The molecule has 1 heterocycles. The van der Waals surface area contributed by atoms with Crippen LogP contribution in [0, 0.1) is 0 Å². The molecule has 0 amide bonds. The highest BCUT2D eigenvalue weighted by Gasteiger charge is 2.08. The van der Waals surface area contributed by atoms with Crippen molar-refractivity contribution in [2.24, 2.45) is 7.05 Å². The second kappa shape index (κ2) is 6.26. The van der Waals surface area contributed by atoms with Gasteiger partial charge in [-0.05, 0) is 23.8 Å². The molecule has 3 rings (SSSR count). The summed E-state index contributed by atoms with van der Waals surface area (Å²) in [5.74, 6) is 0.748. The number of nitrogens with zero attached hydrogens (tertiary/aromatic N) is 2. The Morgan fingerprint density at radius 2 is 1.68 bits per heavy atom. The van der Waals surface area contributed by atoms with Crippen molar-refractivity contribution in [3.8, 4) is 17.0 Å². The highest BCUT2D eigenvalue weighted by molar-refractivity contribution is 5.66. The number of benzene rings is 2. The number of aryl methyl sites for hydroxylation is 1. The Kier molecular flexibility index (Phi) is 4.01. The standard InChI is InChI=1S/C18H16N2O2/c1-20-18(21)12-11-16(19-20)15-9-5-6-10-17(15)22-13-14-7-3-2-4-8-14/h2-12H,13H2,1H3. The summed E-state index contributed by atoms with van der Waals surface area (Å²) in [5.41, 5.74) is 2.55. The van der Waals surface area contributed by atoms with Gasteiger partial charge in [-0.3, -0.25) is 4.79 Å². The van der Waals surface area contributed by atoms with E-state index in [0.29, 0.717) is 12.3 Å². The first-order valence-corrected chi connectivity index (χ1v) is 7.04. The topological polar surface area (TPSA) is 44.1 Å². The maximum atomic E-state index is 11.5. The lowest BCUT2D eigenvalue weighted by Gasteiger charge is -2.11. The summed E-state index contributed by atoms with van der Waals surface area (Å²) < 4.78 is 7.24. The average molecular weight is 292 g/mol. The van der Waals surface area contributed by atoms with Crippen LogP contribution in [0.15, 0.2) is 71.5 Å². The summed E-state index contributed by atoms with van der Waals surface area (Å²) in [6, 6.07) is 20.9. The first kappa shape index (κ1) is 14.1. The third-order valence-corrected chi connectivity index (χ3v) is 3.36. The molecular weight excluding hydrogens is 276 g/mol. The number of aromatic nitrogens is 2. The van der Waals surface area contributed by atoms with Crippen LogP contribution in [-0.2, 0) is 13.7 Å². The average Bonchev–Trinajstić information content (AvgIpc) is 2.57. The lowest BCUT2D eigenvalue weighted by Crippen LogP contribution is -2.18. The normalized spacial score (nSPS) is 10.4. The quantitative estimate of drug-likeness (QED) is 0.742. The Balaban J connectivity index is 1.89. The zero-order valence-electron chi connectivity index (χ0n) is 12.3. The molecule has 22 heavy (non-hydrogen) atoms. The molecule has 0 aliphatic carbocycles. The summed E-state index contributed by atoms with van der Waals surface area (Å²) in [6.07, 6.45) is 0. The molecule has 0 saturated heterocycles. The largest absolute Gasteiger partial charge is 0.488 e. The highest BCUT2D eigenvalue weighted by Crippen LogP contribution is 2.28. The van der Waals surface area contributed by atoms with Crippen molar-refractivity contribution in [2.45, 2.75) is 6.61 Å². The van der Waals surface area contributed by atoms with Crippen molar-refractivity contribution < 1.29 is 4.74 Å². The fourth-order valence-corrected chi connectivity index (χ4v) is 2.19. The summed E-state index contributed by atoms with van der Waals surface area (Å²) in [6.45, 7) is 0.490. The summed E-state index contributed by atoms with van der Waals surface area (Å²) >= 11 is 0. The van der Waals surface area contributed by atoms with Crippen molar-refractivity contribution in [1.82, 2.24) is 9.78 Å². The summed E-state index contributed by atoms with van der Waals surface area (Å²) in [5, 5.41) is 4.28. The lowest BCUT2D eigenvalue weighted by molar-refractivity contribution is 0.307. The second-order valence-corrected chi connectivity index (χ2v) is 4.95. The van der Waals surface area contributed by atoms with Gasteiger partial charge in [-0.1, -0.05) is 42.5 Å². The minimum absolute atomic E-state index is 0.133. The van der Waals surface area contributed by atoms with Crippen LogP contribution >= 0.6 is 0 Å². The Morgan fingerprint density at radius 3 is 2.45 bits per heavy atom. The zero-order valence-corrected chi connectivity index (χ0v) is 12.3. The molecule has 0 aliphatic rings. The Hall–Kier alpha value is -2.88. The van der Waals surface area contributed by atoms with Crippen molar-refractivity contribution in [1.29, 1.82) is 0 Å². The van der Waals surface area contributed by atoms with Gasteiger partial charge in [0, 0.05) is 18.7 Å². The first-order valence-electron chi connectivity index (χ1n) is 7.04. The van der Waals surface area contributed by atoms with Gasteiger partial charge in [0.25, 0.3) is 5.56 Å². The van der Waals surface area contributed by atoms with Gasteiger partial charge in [0.15, 0.2) is 0 Å². The molecular formula is C18H16N2O2. The minimum atomic E-state index is -0.133. The van der Waals surface area contributed by atoms with Crippen LogP contribution < -0.4 is 10.3 Å². The van der Waals surface area contributed by atoms with Crippen LogP contribution in [0.1, 0.15) is 5.56 Å². The van der Waals surface area contributed by atoms with Crippen molar-refractivity contribution in [3.63, 3.8) is 0 Å². The predicted molar refractivity (Wildman–Crippen MR) is 85.7 cm³/mol. The highest BCUT2D eigenvalue weighted by atomic mass is 16.5. The van der Waals surface area contributed by atoms with Gasteiger partial charge in [-0.2, -0.15) is 5.10 Å². The van der Waals surface area contributed by atoms with Gasteiger partial charge >= 0.3 is 0 Å². The molecule has 2 aromatic carbocycles. The van der Waals surface area contributed by atoms with E-state index < -0.39 is 0 Å². The minimum Gasteiger partial charge on any atom is -0.488 e. The molecule has 4 heteroatoms. The van der Waals surface area contributed by atoms with E-state index in [1.165, 1.54) is 10.7 Å². The zero-order chi connectivity index (χ0) is 15.4. The van der Waals surface area contributed by atoms with Gasteiger partial charge in [-0.25, -0.2) is 4.68 Å². The number of rotatable bonds is 4. The van der Waals surface area contributed by atoms with E-state index in [9.17, 15) is 4.79 Å². The van der Waals surface area contributed by atoms with Gasteiger partial charge < -0.3 is 4.74 Å². The number of hydrogen-bond acceptors (Lipinski definition) is 3. The molecule has 0 radical (unpaired) electrons. The van der Waals surface area contributed by atoms with Crippen LogP contribution in [0.5, 0.6) is 5.75 Å². The van der Waals surface area contributed by atoms with Gasteiger partial charge in [0.2, 0.25) is 0 Å². The smallest absolute Gasteiger partial charge is 0.266 e. The van der Waals surface area contributed by atoms with E-state index in [2.05, 4.69) is 5.10 Å². The van der Waals surface area contributed by atoms with Gasteiger partial charge in [-0.15, -0.1) is 0 Å². The van der Waals surface area contributed by atoms with Crippen LogP contribution in [0.2, 0.25) is 0 Å². The fourth-order valence-electron chi connectivity index (χ4n) is 2.19. The number of ether oxygens (including phenoxy) is 1. The van der Waals surface area contributed by atoms with E-state index in [4.69, 9.17) is 4.74 Å². The molecule has 0 spiro atoms. The van der Waals surface area contributed by atoms with Crippen LogP contribution in [0.25, 0.3) is 11.3 Å². The number of para-hydroxylation sites is 1. The molecule has 1 aromatic heterocycles. The first-order chi connectivity index (χ1) is 10.7. The molecule has 0 unspecified atom stereocenters. The Morgan fingerprint density at radius 1 is 0.955 bits per heavy atom. The molecule has 0 atom stereocenters. The van der Waals surface area contributed by atoms with Gasteiger partial charge in [0.05, 0.1) is 5.69 Å². The Labute approximate surface area is 128 Å².